The largest absolute Gasteiger partial charge is 0.493 e. The molecule has 140 valence electrons. The normalized spacial score (nSPS) is 10.5. The van der Waals surface area contributed by atoms with Gasteiger partial charge in [-0.3, -0.25) is 4.79 Å². The highest BCUT2D eigenvalue weighted by Gasteiger charge is 2.20. The Kier molecular flexibility index (Phi) is 6.89. The number of nitrogens with one attached hydrogen (secondary N) is 1. The molecule has 0 bridgehead atoms. The molecule has 0 aliphatic rings. The van der Waals surface area contributed by atoms with Crippen LogP contribution in [0.4, 0.5) is 0 Å². The van der Waals surface area contributed by atoms with Crippen LogP contribution in [0.15, 0.2) is 36.4 Å². The third kappa shape index (κ3) is 4.48. The van der Waals surface area contributed by atoms with Crippen LogP contribution in [0, 0.1) is 0 Å². The summed E-state index contributed by atoms with van der Waals surface area (Å²) in [4.78, 5) is 12.5. The minimum Gasteiger partial charge on any atom is -0.493 e. The van der Waals surface area contributed by atoms with Gasteiger partial charge in [0.2, 0.25) is 5.75 Å². The summed E-state index contributed by atoms with van der Waals surface area (Å²) < 4.78 is 15.9. The number of hydrogen-bond donors (Lipinski definition) is 1. The highest BCUT2D eigenvalue weighted by molar-refractivity contribution is 5.98. The Bertz CT molecular complexity index is 738. The predicted octanol–water partition coefficient (Wildman–Crippen LogP) is 3.81. The Hall–Kier alpha value is -2.69. The summed E-state index contributed by atoms with van der Waals surface area (Å²) in [5.41, 5.74) is 2.92. The molecule has 0 atom stereocenters. The second-order valence-corrected chi connectivity index (χ2v) is 6.28. The molecule has 2 rings (SSSR count). The number of benzene rings is 2. The van der Waals surface area contributed by atoms with Crippen molar-refractivity contribution in [2.24, 2.45) is 0 Å². The summed E-state index contributed by atoms with van der Waals surface area (Å²) >= 11 is 0. The molecule has 0 unspecified atom stereocenters. The highest BCUT2D eigenvalue weighted by atomic mass is 16.5. The Morgan fingerprint density at radius 2 is 1.58 bits per heavy atom. The average molecular weight is 357 g/mol. The zero-order chi connectivity index (χ0) is 19.1. The maximum Gasteiger partial charge on any atom is 0.255 e. The number of methoxy groups -OCH3 is 3. The molecule has 0 aliphatic carbocycles. The van der Waals surface area contributed by atoms with Crippen LogP contribution in [-0.4, -0.2) is 33.8 Å². The number of rotatable bonds is 8. The first kappa shape index (κ1) is 19.6. The number of carbonyl (C=O) groups excluding carboxylic acids is 1. The van der Waals surface area contributed by atoms with E-state index in [4.69, 9.17) is 14.2 Å². The number of carbonyl (C=O) groups is 1. The van der Waals surface area contributed by atoms with E-state index in [9.17, 15) is 4.79 Å². The minimum atomic E-state index is -0.207. The Labute approximate surface area is 155 Å². The fraction of sp³-hybridized carbons (Fsp3) is 0.381. The summed E-state index contributed by atoms with van der Waals surface area (Å²) in [6.45, 7) is 4.88. The zero-order valence-electron chi connectivity index (χ0n) is 16.1. The third-order valence-electron chi connectivity index (χ3n) is 4.29. The van der Waals surface area contributed by atoms with E-state index in [-0.39, 0.29) is 5.91 Å². The molecule has 5 heteroatoms. The van der Waals surface area contributed by atoms with E-state index in [2.05, 4.69) is 43.4 Å². The van der Waals surface area contributed by atoms with Crippen molar-refractivity contribution in [3.8, 4) is 17.2 Å². The molecular formula is C21H27NO4. The molecule has 0 radical (unpaired) electrons. The van der Waals surface area contributed by atoms with Crippen LogP contribution in [0.25, 0.3) is 0 Å². The first-order chi connectivity index (χ1) is 12.5. The standard InChI is InChI=1S/C21H27NO4/c1-14(2)16-8-6-15(7-9-16)12-13-22-21(23)17-10-11-18(24-3)20(26-5)19(17)25-4/h6-11,14H,12-13H2,1-5H3,(H,22,23). The topological polar surface area (TPSA) is 56.8 Å². The van der Waals surface area contributed by atoms with Crippen molar-refractivity contribution in [2.75, 3.05) is 27.9 Å². The highest BCUT2D eigenvalue weighted by Crippen LogP contribution is 2.39. The minimum absolute atomic E-state index is 0.207. The van der Waals surface area contributed by atoms with Crippen LogP contribution in [-0.2, 0) is 6.42 Å². The molecule has 0 saturated heterocycles. The molecule has 1 N–H and O–H groups in total. The van der Waals surface area contributed by atoms with E-state index in [0.717, 1.165) is 6.42 Å². The fourth-order valence-electron chi connectivity index (χ4n) is 2.76. The van der Waals surface area contributed by atoms with Gasteiger partial charge in [0, 0.05) is 6.54 Å². The summed E-state index contributed by atoms with van der Waals surface area (Å²) in [5.74, 6) is 1.60. The molecule has 5 nitrogen and oxygen atoms in total. The van der Waals surface area contributed by atoms with Crippen molar-refractivity contribution in [1.82, 2.24) is 5.32 Å². The number of amides is 1. The summed E-state index contributed by atoms with van der Waals surface area (Å²) in [6, 6.07) is 11.9. The van der Waals surface area contributed by atoms with Crippen molar-refractivity contribution in [1.29, 1.82) is 0 Å². The molecule has 1 amide bonds. The van der Waals surface area contributed by atoms with Crippen LogP contribution < -0.4 is 19.5 Å². The van der Waals surface area contributed by atoms with Gasteiger partial charge in [0.1, 0.15) is 0 Å². The van der Waals surface area contributed by atoms with E-state index in [1.54, 1.807) is 19.2 Å². The van der Waals surface area contributed by atoms with Crippen LogP contribution in [0.3, 0.4) is 0 Å². The molecule has 0 spiro atoms. The first-order valence-corrected chi connectivity index (χ1v) is 8.67. The van der Waals surface area contributed by atoms with E-state index in [1.807, 2.05) is 0 Å². The predicted molar refractivity (Wildman–Crippen MR) is 103 cm³/mol. The monoisotopic (exact) mass is 357 g/mol. The second-order valence-electron chi connectivity index (χ2n) is 6.28. The van der Waals surface area contributed by atoms with Crippen LogP contribution in [0.1, 0.15) is 41.3 Å². The van der Waals surface area contributed by atoms with E-state index >= 15 is 0 Å². The molecule has 0 aromatic heterocycles. The van der Waals surface area contributed by atoms with Gasteiger partial charge in [0.25, 0.3) is 5.91 Å². The van der Waals surface area contributed by atoms with Gasteiger partial charge in [-0.2, -0.15) is 0 Å². The van der Waals surface area contributed by atoms with Gasteiger partial charge in [-0.15, -0.1) is 0 Å². The molecule has 26 heavy (non-hydrogen) atoms. The maximum absolute atomic E-state index is 12.5. The van der Waals surface area contributed by atoms with Gasteiger partial charge in [-0.05, 0) is 35.6 Å². The van der Waals surface area contributed by atoms with E-state index < -0.39 is 0 Å². The average Bonchev–Trinajstić information content (AvgIpc) is 2.66. The lowest BCUT2D eigenvalue weighted by atomic mass is 10.0. The molecule has 0 fully saturated rings. The Morgan fingerprint density at radius 1 is 0.923 bits per heavy atom. The molecule has 2 aromatic carbocycles. The van der Waals surface area contributed by atoms with Crippen molar-refractivity contribution < 1.29 is 19.0 Å². The Balaban J connectivity index is 2.03. The molecule has 0 saturated carbocycles. The lowest BCUT2D eigenvalue weighted by Crippen LogP contribution is -2.26. The van der Waals surface area contributed by atoms with Crippen LogP contribution in [0.2, 0.25) is 0 Å². The van der Waals surface area contributed by atoms with Crippen molar-refractivity contribution in [2.45, 2.75) is 26.2 Å². The van der Waals surface area contributed by atoms with Gasteiger partial charge in [0.15, 0.2) is 11.5 Å². The summed E-state index contributed by atoms with van der Waals surface area (Å²) in [7, 11) is 4.56. The smallest absolute Gasteiger partial charge is 0.255 e. The molecular weight excluding hydrogens is 330 g/mol. The summed E-state index contributed by atoms with van der Waals surface area (Å²) in [6.07, 6.45) is 0.764. The molecule has 2 aromatic rings. The zero-order valence-corrected chi connectivity index (χ0v) is 16.1. The number of hydrogen-bond acceptors (Lipinski definition) is 4. The van der Waals surface area contributed by atoms with Gasteiger partial charge in [-0.1, -0.05) is 38.1 Å². The first-order valence-electron chi connectivity index (χ1n) is 8.67. The van der Waals surface area contributed by atoms with Crippen LogP contribution >= 0.6 is 0 Å². The van der Waals surface area contributed by atoms with E-state index in [0.29, 0.717) is 35.3 Å². The maximum atomic E-state index is 12.5. The second kappa shape index (κ2) is 9.13. The van der Waals surface area contributed by atoms with E-state index in [1.165, 1.54) is 25.3 Å². The van der Waals surface area contributed by atoms with Crippen LogP contribution in [0.5, 0.6) is 17.2 Å². The number of ether oxygens (including phenoxy) is 3. The van der Waals surface area contributed by atoms with Gasteiger partial charge in [0.05, 0.1) is 26.9 Å². The third-order valence-corrected chi connectivity index (χ3v) is 4.29. The van der Waals surface area contributed by atoms with Gasteiger partial charge in [-0.25, -0.2) is 0 Å². The molecule has 0 aliphatic heterocycles. The molecule has 0 heterocycles. The fourth-order valence-corrected chi connectivity index (χ4v) is 2.76. The van der Waals surface area contributed by atoms with Crippen molar-refractivity contribution in [3.05, 3.63) is 53.1 Å². The van der Waals surface area contributed by atoms with Crippen molar-refractivity contribution in [3.63, 3.8) is 0 Å². The lowest BCUT2D eigenvalue weighted by molar-refractivity contribution is 0.0950. The van der Waals surface area contributed by atoms with Crippen molar-refractivity contribution >= 4 is 5.91 Å². The van der Waals surface area contributed by atoms with Gasteiger partial charge < -0.3 is 19.5 Å². The van der Waals surface area contributed by atoms with Gasteiger partial charge >= 0.3 is 0 Å². The quantitative estimate of drug-likeness (QED) is 0.780. The Morgan fingerprint density at radius 3 is 2.12 bits per heavy atom. The SMILES string of the molecule is COc1ccc(C(=O)NCCc2ccc(C(C)C)cc2)c(OC)c1OC. The lowest BCUT2D eigenvalue weighted by Gasteiger charge is -2.15. The summed E-state index contributed by atoms with van der Waals surface area (Å²) in [5, 5.41) is 2.93.